The van der Waals surface area contributed by atoms with Gasteiger partial charge >= 0.3 is 0 Å². The summed E-state index contributed by atoms with van der Waals surface area (Å²) in [7, 11) is 0. The van der Waals surface area contributed by atoms with Gasteiger partial charge in [0, 0.05) is 24.5 Å². The van der Waals surface area contributed by atoms with Gasteiger partial charge in [0.1, 0.15) is 0 Å². The molecule has 1 saturated heterocycles. The molecule has 0 spiro atoms. The van der Waals surface area contributed by atoms with Crippen LogP contribution in [0.15, 0.2) is 60.7 Å². The minimum absolute atomic E-state index is 0.127. The molecule has 192 valence electrons. The Labute approximate surface area is 224 Å². The van der Waals surface area contributed by atoms with E-state index in [1.54, 1.807) is 5.56 Å². The largest absolute Gasteiger partial charge is 0.365 e. The monoisotopic (exact) mass is 500 g/mol. The van der Waals surface area contributed by atoms with E-state index >= 15 is 0 Å². The second-order valence-corrected chi connectivity index (χ2v) is 14.0. The molecule has 4 saturated carbocycles. The number of nitrogens with zero attached hydrogens (tertiary/aromatic N) is 1. The first-order valence-electron chi connectivity index (χ1n) is 14.4. The van der Waals surface area contributed by atoms with Crippen LogP contribution in [0.1, 0.15) is 76.3 Å². The zero-order valence-corrected chi connectivity index (χ0v) is 23.1. The van der Waals surface area contributed by atoms with Gasteiger partial charge in [-0.25, -0.2) is 0 Å². The Bertz CT molecular complexity index is 1060. The number of aryl methyl sites for hydroxylation is 1. The average molecular weight is 501 g/mol. The number of nitrogens with two attached hydrogens (primary N) is 1. The number of rotatable bonds is 6. The maximum absolute atomic E-state index is 6.51. The highest BCUT2D eigenvalue weighted by molar-refractivity contribution is 7.80. The molecule has 2 unspecified atom stereocenters. The Morgan fingerprint density at radius 2 is 1.58 bits per heavy atom. The molecule has 4 bridgehead atoms. The van der Waals surface area contributed by atoms with E-state index in [-0.39, 0.29) is 16.9 Å². The molecule has 1 aliphatic heterocycles. The summed E-state index contributed by atoms with van der Waals surface area (Å²) in [6.45, 7) is 6.73. The second-order valence-electron chi connectivity index (χ2n) is 13.6. The van der Waals surface area contributed by atoms with Crippen molar-refractivity contribution in [3.05, 3.63) is 71.8 Å². The van der Waals surface area contributed by atoms with Gasteiger partial charge in [-0.15, -0.1) is 0 Å². The molecule has 7 rings (SSSR count). The molecule has 2 aromatic carbocycles. The lowest BCUT2D eigenvalue weighted by Crippen LogP contribution is -2.63. The summed E-state index contributed by atoms with van der Waals surface area (Å²) < 4.78 is 0. The predicted octanol–water partition coefficient (Wildman–Crippen LogP) is 7.16. The van der Waals surface area contributed by atoms with Gasteiger partial charge in [0.25, 0.3) is 0 Å². The number of likely N-dealkylation sites (tertiary alicyclic amines) is 1. The molecular formula is C33H44N2S. The van der Waals surface area contributed by atoms with Crippen LogP contribution in [0.2, 0.25) is 0 Å². The number of hydrogen-bond acceptors (Lipinski definition) is 2. The Balaban J connectivity index is 1.26. The molecule has 3 atom stereocenters. The van der Waals surface area contributed by atoms with E-state index in [0.717, 1.165) is 37.3 Å². The normalized spacial score (nSPS) is 36.7. The van der Waals surface area contributed by atoms with E-state index in [2.05, 4.69) is 79.4 Å². The van der Waals surface area contributed by atoms with Crippen LogP contribution < -0.4 is 5.73 Å². The second kappa shape index (κ2) is 9.24. The topological polar surface area (TPSA) is 29.3 Å². The van der Waals surface area contributed by atoms with Crippen LogP contribution in [0.5, 0.6) is 0 Å². The molecule has 5 aliphatic rings. The summed E-state index contributed by atoms with van der Waals surface area (Å²) >= 11 is 6.48. The quantitative estimate of drug-likeness (QED) is 0.427. The highest BCUT2D eigenvalue weighted by atomic mass is 32.1. The van der Waals surface area contributed by atoms with Gasteiger partial charge in [-0.3, -0.25) is 0 Å². The lowest BCUT2D eigenvalue weighted by Gasteiger charge is -2.66. The number of hydrogen-bond donors (Lipinski definition) is 1. The number of piperidine rings is 1. The molecule has 36 heavy (non-hydrogen) atoms. The summed E-state index contributed by atoms with van der Waals surface area (Å²) in [5.74, 6) is 2.48. The van der Waals surface area contributed by atoms with Crippen LogP contribution in [0, 0.1) is 28.6 Å². The van der Waals surface area contributed by atoms with Crippen molar-refractivity contribution < 1.29 is 0 Å². The maximum Gasteiger partial charge on any atom is 0.0842 e. The lowest BCUT2D eigenvalue weighted by atomic mass is 9.39. The molecular weight excluding hydrogens is 456 g/mol. The molecule has 2 aromatic rings. The van der Waals surface area contributed by atoms with E-state index in [9.17, 15) is 0 Å². The van der Waals surface area contributed by atoms with Crippen LogP contribution in [0.25, 0.3) is 0 Å². The zero-order chi connectivity index (χ0) is 25.0. The van der Waals surface area contributed by atoms with Gasteiger partial charge < -0.3 is 10.6 Å². The number of benzene rings is 2. The van der Waals surface area contributed by atoms with Gasteiger partial charge in [-0.2, -0.15) is 0 Å². The molecule has 1 heterocycles. The molecule has 4 aliphatic carbocycles. The molecule has 5 fully saturated rings. The summed E-state index contributed by atoms with van der Waals surface area (Å²) in [6, 6.07) is 22.9. The van der Waals surface area contributed by atoms with Crippen molar-refractivity contribution in [2.75, 3.05) is 13.1 Å². The van der Waals surface area contributed by atoms with Gasteiger partial charge in [0.05, 0.1) is 4.99 Å². The van der Waals surface area contributed by atoms with Crippen molar-refractivity contribution in [1.82, 2.24) is 4.90 Å². The third-order valence-electron chi connectivity index (χ3n) is 10.8. The van der Waals surface area contributed by atoms with Crippen molar-refractivity contribution in [2.24, 2.45) is 34.3 Å². The number of thiocarbonyl (C=S) groups is 1. The molecule has 0 aromatic heterocycles. The van der Waals surface area contributed by atoms with E-state index in [4.69, 9.17) is 18.0 Å². The Morgan fingerprint density at radius 1 is 0.944 bits per heavy atom. The highest BCUT2D eigenvalue weighted by Gasteiger charge is 2.63. The van der Waals surface area contributed by atoms with Gasteiger partial charge in [-0.1, -0.05) is 86.7 Å². The maximum atomic E-state index is 6.51. The first kappa shape index (κ1) is 24.6. The summed E-state index contributed by atoms with van der Waals surface area (Å²) in [5, 5.41) is 0. The highest BCUT2D eigenvalue weighted by Crippen LogP contribution is 2.68. The average Bonchev–Trinajstić information content (AvgIpc) is 2.87. The summed E-state index contributed by atoms with van der Waals surface area (Å²) in [6.07, 6.45) is 11.6. The third-order valence-corrected chi connectivity index (χ3v) is 11.5. The van der Waals surface area contributed by atoms with Gasteiger partial charge in [0.2, 0.25) is 0 Å². The van der Waals surface area contributed by atoms with Gasteiger partial charge in [0.15, 0.2) is 0 Å². The minimum Gasteiger partial charge on any atom is -0.365 e. The van der Waals surface area contributed by atoms with Crippen LogP contribution in [-0.4, -0.2) is 29.0 Å². The van der Waals surface area contributed by atoms with Crippen LogP contribution in [0.3, 0.4) is 0 Å². The van der Waals surface area contributed by atoms with Crippen molar-refractivity contribution in [2.45, 2.75) is 83.1 Å². The van der Waals surface area contributed by atoms with Crippen molar-refractivity contribution in [3.63, 3.8) is 0 Å². The molecule has 2 N–H and O–H groups in total. The van der Waals surface area contributed by atoms with E-state index in [1.165, 1.54) is 61.9 Å². The Hall–Kier alpha value is -1.71. The third kappa shape index (κ3) is 4.25. The van der Waals surface area contributed by atoms with Crippen LogP contribution >= 0.6 is 12.2 Å². The molecule has 2 nitrogen and oxygen atoms in total. The van der Waals surface area contributed by atoms with Crippen LogP contribution in [0.4, 0.5) is 0 Å². The fourth-order valence-electron chi connectivity index (χ4n) is 9.17. The van der Waals surface area contributed by atoms with Crippen molar-refractivity contribution in [3.8, 4) is 0 Å². The lowest BCUT2D eigenvalue weighted by molar-refractivity contribution is -0.0876. The Kier molecular flexibility index (Phi) is 6.32. The standard InChI is InChI=1S/C33H44N2S/c1-31(2)23-35(17-16-29(31)34)30(36)33-20-25-18-32(22-33,27-13-7-4-8-14-27)19-26(21-33)28(25)15-9-12-24-10-5-3-6-11-24/h3-8,10-11,13-14,25-26,28-29H,9,12,15-23,34H2,1-2H3/t25?,26?,28?,29-,32?,33?/m0/s1. The first-order valence-corrected chi connectivity index (χ1v) is 14.9. The Morgan fingerprint density at radius 3 is 2.22 bits per heavy atom. The fourth-order valence-corrected chi connectivity index (χ4v) is 9.56. The fraction of sp³-hybridized carbons (Fsp3) is 0.606. The van der Waals surface area contributed by atoms with E-state index < -0.39 is 0 Å². The summed E-state index contributed by atoms with van der Waals surface area (Å²) in [5.41, 5.74) is 10.2. The molecule has 3 heteroatoms. The molecule has 0 radical (unpaired) electrons. The first-order chi connectivity index (χ1) is 17.3. The minimum atomic E-state index is 0.127. The predicted molar refractivity (Wildman–Crippen MR) is 154 cm³/mol. The van der Waals surface area contributed by atoms with Gasteiger partial charge in [-0.05, 0) is 97.5 Å². The SMILES string of the molecule is CC1(C)CN(C(=S)C23CC4CC(c5ccccc5)(CC(C2)C4CCCc2ccccc2)C3)CC[C@@H]1N. The smallest absolute Gasteiger partial charge is 0.0842 e. The van der Waals surface area contributed by atoms with Crippen molar-refractivity contribution in [1.29, 1.82) is 0 Å². The summed E-state index contributed by atoms with van der Waals surface area (Å²) in [4.78, 5) is 3.88. The van der Waals surface area contributed by atoms with Crippen molar-refractivity contribution >= 4 is 17.2 Å². The zero-order valence-electron chi connectivity index (χ0n) is 22.3. The van der Waals surface area contributed by atoms with E-state index in [0.29, 0.717) is 5.41 Å². The van der Waals surface area contributed by atoms with E-state index in [1.807, 2.05) is 0 Å². The van der Waals surface area contributed by atoms with Crippen LogP contribution in [-0.2, 0) is 11.8 Å². The molecule has 0 amide bonds.